The molecule has 3 aromatic carbocycles. The molecule has 3 N–H and O–H groups in total. The van der Waals surface area contributed by atoms with E-state index in [9.17, 15) is 0 Å². The maximum Gasteiger partial charge on any atom is 0.145 e. The SMILES string of the molecule is Nc1cc(-c2c3ccccc3cc3ccccc23)[nH]n1. The van der Waals surface area contributed by atoms with E-state index in [0.717, 1.165) is 11.3 Å². The first-order chi connectivity index (χ1) is 9.83. The van der Waals surface area contributed by atoms with Crippen LogP contribution in [0.3, 0.4) is 0 Å². The van der Waals surface area contributed by atoms with Crippen LogP contribution in [0.4, 0.5) is 5.82 Å². The molecular weight excluding hydrogens is 246 g/mol. The number of hydrogen-bond donors (Lipinski definition) is 2. The lowest BCUT2D eigenvalue weighted by Gasteiger charge is -2.09. The maximum atomic E-state index is 5.76. The van der Waals surface area contributed by atoms with Crippen LogP contribution in [-0.4, -0.2) is 10.2 Å². The van der Waals surface area contributed by atoms with E-state index in [1.165, 1.54) is 21.5 Å². The first-order valence-corrected chi connectivity index (χ1v) is 6.55. The summed E-state index contributed by atoms with van der Waals surface area (Å²) in [5, 5.41) is 11.9. The molecule has 1 heterocycles. The molecule has 0 aliphatic heterocycles. The number of aromatic amines is 1. The van der Waals surface area contributed by atoms with E-state index >= 15 is 0 Å². The van der Waals surface area contributed by atoms with Crippen molar-refractivity contribution in [2.75, 3.05) is 5.73 Å². The minimum absolute atomic E-state index is 0.511. The Morgan fingerprint density at radius 3 is 1.95 bits per heavy atom. The summed E-state index contributed by atoms with van der Waals surface area (Å²) in [6.07, 6.45) is 0. The predicted octanol–water partition coefficient (Wildman–Crippen LogP) is 3.97. The van der Waals surface area contributed by atoms with E-state index in [2.05, 4.69) is 64.8 Å². The van der Waals surface area contributed by atoms with E-state index in [0.29, 0.717) is 5.82 Å². The van der Waals surface area contributed by atoms with E-state index in [1.54, 1.807) is 0 Å². The quantitative estimate of drug-likeness (QED) is 0.508. The van der Waals surface area contributed by atoms with E-state index < -0.39 is 0 Å². The Bertz CT molecular complexity index is 868. The normalized spacial score (nSPS) is 11.2. The van der Waals surface area contributed by atoms with Crippen molar-refractivity contribution < 1.29 is 0 Å². The van der Waals surface area contributed by atoms with Crippen molar-refractivity contribution >= 4 is 27.4 Å². The van der Waals surface area contributed by atoms with Crippen LogP contribution in [0, 0.1) is 0 Å². The van der Waals surface area contributed by atoms with Gasteiger partial charge >= 0.3 is 0 Å². The number of H-pyrrole nitrogens is 1. The van der Waals surface area contributed by atoms with Crippen LogP contribution in [0.1, 0.15) is 0 Å². The highest BCUT2D eigenvalue weighted by molar-refractivity contribution is 6.12. The summed E-state index contributed by atoms with van der Waals surface area (Å²) in [4.78, 5) is 0. The van der Waals surface area contributed by atoms with Crippen molar-refractivity contribution in [1.82, 2.24) is 10.2 Å². The monoisotopic (exact) mass is 259 g/mol. The second-order valence-electron chi connectivity index (χ2n) is 4.90. The van der Waals surface area contributed by atoms with Gasteiger partial charge in [0.25, 0.3) is 0 Å². The summed E-state index contributed by atoms with van der Waals surface area (Å²) in [7, 11) is 0. The molecule has 20 heavy (non-hydrogen) atoms. The van der Waals surface area contributed by atoms with Gasteiger partial charge in [-0.05, 0) is 27.6 Å². The molecule has 0 radical (unpaired) electrons. The Balaban J connectivity index is 2.23. The predicted molar refractivity (Wildman–Crippen MR) is 83.4 cm³/mol. The highest BCUT2D eigenvalue weighted by Gasteiger charge is 2.11. The van der Waals surface area contributed by atoms with Gasteiger partial charge in [0.2, 0.25) is 0 Å². The van der Waals surface area contributed by atoms with Crippen LogP contribution < -0.4 is 5.73 Å². The Morgan fingerprint density at radius 1 is 0.800 bits per heavy atom. The molecule has 0 fully saturated rings. The fourth-order valence-electron chi connectivity index (χ4n) is 2.77. The van der Waals surface area contributed by atoms with Gasteiger partial charge in [-0.15, -0.1) is 0 Å². The van der Waals surface area contributed by atoms with Crippen LogP contribution in [0.2, 0.25) is 0 Å². The van der Waals surface area contributed by atoms with Gasteiger partial charge < -0.3 is 5.73 Å². The van der Waals surface area contributed by atoms with E-state index in [4.69, 9.17) is 5.73 Å². The van der Waals surface area contributed by atoms with Gasteiger partial charge in [-0.25, -0.2) is 0 Å². The van der Waals surface area contributed by atoms with Crippen LogP contribution in [0.5, 0.6) is 0 Å². The number of nitrogens with zero attached hydrogens (tertiary/aromatic N) is 1. The van der Waals surface area contributed by atoms with Crippen LogP contribution >= 0.6 is 0 Å². The topological polar surface area (TPSA) is 54.7 Å². The van der Waals surface area contributed by atoms with E-state index in [1.807, 2.05) is 6.07 Å². The van der Waals surface area contributed by atoms with Crippen molar-refractivity contribution in [1.29, 1.82) is 0 Å². The number of anilines is 1. The molecule has 0 saturated heterocycles. The third-order valence-corrected chi connectivity index (χ3v) is 3.64. The van der Waals surface area contributed by atoms with E-state index in [-0.39, 0.29) is 0 Å². The van der Waals surface area contributed by atoms with Gasteiger partial charge in [0.15, 0.2) is 0 Å². The summed E-state index contributed by atoms with van der Waals surface area (Å²) < 4.78 is 0. The van der Waals surface area contributed by atoms with Gasteiger partial charge in [0.05, 0.1) is 5.69 Å². The zero-order valence-electron chi connectivity index (χ0n) is 10.8. The zero-order valence-corrected chi connectivity index (χ0v) is 10.8. The number of nitrogens with one attached hydrogen (secondary N) is 1. The summed E-state index contributed by atoms with van der Waals surface area (Å²) in [6.45, 7) is 0. The summed E-state index contributed by atoms with van der Waals surface area (Å²) >= 11 is 0. The van der Waals surface area contributed by atoms with Crippen molar-refractivity contribution in [2.45, 2.75) is 0 Å². The molecule has 0 atom stereocenters. The molecule has 0 spiro atoms. The van der Waals surface area contributed by atoms with Gasteiger partial charge in [0, 0.05) is 11.6 Å². The third kappa shape index (κ3) is 1.57. The van der Waals surface area contributed by atoms with Gasteiger partial charge in [-0.3, -0.25) is 5.10 Å². The molecular formula is C17H13N3. The molecule has 4 rings (SSSR count). The number of fused-ring (bicyclic) bond motifs is 2. The Kier molecular flexibility index (Phi) is 2.27. The molecule has 0 saturated carbocycles. The standard InChI is InChI=1S/C17H13N3/c18-16-10-15(19-20-16)17-13-7-3-1-5-11(13)9-12-6-2-4-8-14(12)17/h1-10H,(H3,18,19,20). The number of rotatable bonds is 1. The summed E-state index contributed by atoms with van der Waals surface area (Å²) in [5.41, 5.74) is 7.87. The largest absolute Gasteiger partial charge is 0.382 e. The molecule has 0 amide bonds. The highest BCUT2D eigenvalue weighted by atomic mass is 15.2. The molecule has 1 aromatic heterocycles. The number of nitrogen functional groups attached to an aromatic ring is 1. The first kappa shape index (κ1) is 11.1. The fourth-order valence-corrected chi connectivity index (χ4v) is 2.77. The van der Waals surface area contributed by atoms with Crippen molar-refractivity contribution in [3.8, 4) is 11.3 Å². The Morgan fingerprint density at radius 2 is 1.40 bits per heavy atom. The minimum Gasteiger partial charge on any atom is -0.382 e. The average molecular weight is 259 g/mol. The lowest BCUT2D eigenvalue weighted by Crippen LogP contribution is -1.85. The Hall–Kier alpha value is -2.81. The average Bonchev–Trinajstić information content (AvgIpc) is 2.91. The fraction of sp³-hybridized carbons (Fsp3) is 0. The van der Waals surface area contributed by atoms with Gasteiger partial charge in [-0.1, -0.05) is 48.5 Å². The minimum atomic E-state index is 0.511. The van der Waals surface area contributed by atoms with Crippen LogP contribution in [-0.2, 0) is 0 Å². The molecule has 3 nitrogen and oxygen atoms in total. The molecule has 0 aliphatic carbocycles. The molecule has 3 heteroatoms. The molecule has 0 bridgehead atoms. The highest BCUT2D eigenvalue weighted by Crippen LogP contribution is 2.35. The summed E-state index contributed by atoms with van der Waals surface area (Å²) in [6, 6.07) is 20.9. The second kappa shape index (κ2) is 4.10. The zero-order chi connectivity index (χ0) is 13.5. The van der Waals surface area contributed by atoms with Crippen LogP contribution in [0.15, 0.2) is 60.7 Å². The van der Waals surface area contributed by atoms with Gasteiger partial charge in [-0.2, -0.15) is 5.10 Å². The molecule has 0 aliphatic rings. The lowest BCUT2D eigenvalue weighted by atomic mass is 9.95. The van der Waals surface area contributed by atoms with Crippen molar-refractivity contribution in [2.24, 2.45) is 0 Å². The maximum absolute atomic E-state index is 5.76. The number of benzene rings is 3. The third-order valence-electron chi connectivity index (χ3n) is 3.64. The van der Waals surface area contributed by atoms with Crippen molar-refractivity contribution in [3.63, 3.8) is 0 Å². The number of nitrogens with two attached hydrogens (primary N) is 1. The first-order valence-electron chi connectivity index (χ1n) is 6.55. The summed E-state index contributed by atoms with van der Waals surface area (Å²) in [5.74, 6) is 0.511. The van der Waals surface area contributed by atoms with Gasteiger partial charge in [0.1, 0.15) is 5.82 Å². The number of hydrogen-bond acceptors (Lipinski definition) is 2. The number of aromatic nitrogens is 2. The second-order valence-corrected chi connectivity index (χ2v) is 4.90. The molecule has 4 aromatic rings. The molecule has 0 unspecified atom stereocenters. The molecule has 96 valence electrons. The smallest absolute Gasteiger partial charge is 0.145 e. The van der Waals surface area contributed by atoms with Crippen molar-refractivity contribution in [3.05, 3.63) is 60.7 Å². The van der Waals surface area contributed by atoms with Crippen LogP contribution in [0.25, 0.3) is 32.8 Å². The lowest BCUT2D eigenvalue weighted by molar-refractivity contribution is 1.11. The Labute approximate surface area is 116 Å².